The van der Waals surface area contributed by atoms with Crippen molar-refractivity contribution in [3.63, 3.8) is 0 Å². The molecule has 2 bridgehead atoms. The molecule has 12 heteroatoms. The van der Waals surface area contributed by atoms with Crippen LogP contribution in [0.5, 0.6) is 11.5 Å². The minimum atomic E-state index is -1.10. The van der Waals surface area contributed by atoms with Crippen LogP contribution in [0.3, 0.4) is 0 Å². The number of rotatable bonds is 8. The molecule has 2 amide bonds. The summed E-state index contributed by atoms with van der Waals surface area (Å²) in [5, 5.41) is 27.0. The van der Waals surface area contributed by atoms with Crippen molar-refractivity contribution in [3.05, 3.63) is 58.1 Å². The molecular formula is C24H24Cl2F2N2O6. The van der Waals surface area contributed by atoms with Crippen molar-refractivity contribution in [1.29, 1.82) is 0 Å². The molecule has 194 valence electrons. The van der Waals surface area contributed by atoms with E-state index in [9.17, 15) is 28.6 Å². The Morgan fingerprint density at radius 2 is 1.22 bits per heavy atom. The highest BCUT2D eigenvalue weighted by Gasteiger charge is 2.60. The van der Waals surface area contributed by atoms with Gasteiger partial charge in [-0.2, -0.15) is 0 Å². The maximum Gasteiger partial charge on any atom is 0.258 e. The van der Waals surface area contributed by atoms with E-state index in [0.29, 0.717) is 0 Å². The molecule has 0 spiro atoms. The van der Waals surface area contributed by atoms with Gasteiger partial charge in [-0.25, -0.2) is 8.78 Å². The van der Waals surface area contributed by atoms with Gasteiger partial charge >= 0.3 is 0 Å². The second-order valence-corrected chi connectivity index (χ2v) is 9.89. The number of ether oxygens (including phenoxy) is 2. The molecule has 3 saturated carbocycles. The van der Waals surface area contributed by atoms with Gasteiger partial charge in [-0.05, 0) is 37.1 Å². The van der Waals surface area contributed by atoms with Gasteiger partial charge in [-0.1, -0.05) is 23.2 Å². The second-order valence-electron chi connectivity index (χ2n) is 9.08. The highest BCUT2D eigenvalue weighted by molar-refractivity contribution is 6.31. The lowest BCUT2D eigenvalue weighted by Crippen LogP contribution is -2.75. The van der Waals surface area contributed by atoms with Crippen LogP contribution >= 0.6 is 23.2 Å². The van der Waals surface area contributed by atoms with Crippen LogP contribution in [-0.4, -0.2) is 58.5 Å². The summed E-state index contributed by atoms with van der Waals surface area (Å²) in [5.41, 5.74) is -2.20. The Balaban J connectivity index is 1.32. The second kappa shape index (κ2) is 10.4. The molecule has 3 fully saturated rings. The number of fused-ring (bicyclic) bond motifs is 3. The lowest BCUT2D eigenvalue weighted by atomic mass is 9.58. The van der Waals surface area contributed by atoms with E-state index in [1.807, 2.05) is 0 Å². The summed E-state index contributed by atoms with van der Waals surface area (Å²) < 4.78 is 37.7. The van der Waals surface area contributed by atoms with E-state index in [-0.39, 0.29) is 47.2 Å². The maximum atomic E-state index is 13.6. The van der Waals surface area contributed by atoms with Crippen molar-refractivity contribution >= 4 is 35.0 Å². The largest absolute Gasteiger partial charge is 0.484 e. The highest BCUT2D eigenvalue weighted by Crippen LogP contribution is 2.47. The number of nitrogens with one attached hydrogen (secondary N) is 2. The number of carbonyl (C=O) groups is 2. The van der Waals surface area contributed by atoms with Crippen LogP contribution in [0, 0.1) is 11.6 Å². The molecular weight excluding hydrogens is 521 g/mol. The van der Waals surface area contributed by atoms with Crippen molar-refractivity contribution in [1.82, 2.24) is 10.6 Å². The van der Waals surface area contributed by atoms with Gasteiger partial charge in [0.25, 0.3) is 11.8 Å². The van der Waals surface area contributed by atoms with Crippen LogP contribution in [0.15, 0.2) is 36.4 Å². The lowest BCUT2D eigenvalue weighted by Gasteiger charge is -2.58. The minimum absolute atomic E-state index is 0.000980. The summed E-state index contributed by atoms with van der Waals surface area (Å²) in [4.78, 5) is 25.0. The molecule has 0 saturated heterocycles. The van der Waals surface area contributed by atoms with Gasteiger partial charge in [0, 0.05) is 25.0 Å². The molecule has 4 atom stereocenters. The first kappa shape index (κ1) is 26.4. The van der Waals surface area contributed by atoms with E-state index in [1.54, 1.807) is 0 Å². The van der Waals surface area contributed by atoms with Crippen LogP contribution in [0.4, 0.5) is 8.78 Å². The first-order valence-corrected chi connectivity index (χ1v) is 11.9. The summed E-state index contributed by atoms with van der Waals surface area (Å²) in [7, 11) is 0. The number of halogens is 4. The molecule has 36 heavy (non-hydrogen) atoms. The molecule has 5 rings (SSSR count). The molecule has 3 aliphatic carbocycles. The number of carbonyl (C=O) groups excluding carboxylic acids is 2. The number of benzene rings is 2. The third kappa shape index (κ3) is 5.51. The predicted octanol–water partition coefficient (Wildman–Crippen LogP) is 2.75. The van der Waals surface area contributed by atoms with E-state index in [4.69, 9.17) is 32.7 Å². The quantitative estimate of drug-likeness (QED) is 0.406. The van der Waals surface area contributed by atoms with Crippen molar-refractivity contribution in [3.8, 4) is 11.5 Å². The first-order valence-electron chi connectivity index (χ1n) is 11.2. The van der Waals surface area contributed by atoms with Crippen molar-refractivity contribution in [2.24, 2.45) is 0 Å². The fourth-order valence-corrected chi connectivity index (χ4v) is 5.02. The SMILES string of the molecule is O=C(COc1ccc(Cl)c(F)c1)NC12CCC(NC(=O)COc3ccc(Cl)c(F)c3)(C[C@@H]1O)[C@@H](O)C2. The Morgan fingerprint density at radius 1 is 0.833 bits per heavy atom. The third-order valence-corrected chi connectivity index (χ3v) is 7.32. The predicted molar refractivity (Wildman–Crippen MR) is 126 cm³/mol. The third-order valence-electron chi connectivity index (χ3n) is 6.71. The summed E-state index contributed by atoms with van der Waals surface area (Å²) in [6.45, 7) is -0.869. The van der Waals surface area contributed by atoms with E-state index in [2.05, 4.69) is 10.6 Å². The lowest BCUT2D eigenvalue weighted by molar-refractivity contribution is -0.152. The number of aliphatic hydroxyl groups excluding tert-OH is 2. The molecule has 2 aromatic rings. The molecule has 3 aliphatic rings. The molecule has 0 heterocycles. The fourth-order valence-electron chi connectivity index (χ4n) is 4.79. The highest BCUT2D eigenvalue weighted by atomic mass is 35.5. The molecule has 0 radical (unpaired) electrons. The Labute approximate surface area is 215 Å². The topological polar surface area (TPSA) is 117 Å². The van der Waals surface area contributed by atoms with Crippen LogP contribution in [0.25, 0.3) is 0 Å². The zero-order valence-corrected chi connectivity index (χ0v) is 20.4. The first-order chi connectivity index (χ1) is 17.0. The molecule has 4 N–H and O–H groups in total. The Hall–Kier alpha value is -2.66. The summed E-state index contributed by atoms with van der Waals surface area (Å²) >= 11 is 11.3. The van der Waals surface area contributed by atoms with E-state index >= 15 is 0 Å². The van der Waals surface area contributed by atoms with E-state index in [1.165, 1.54) is 24.3 Å². The van der Waals surface area contributed by atoms with E-state index in [0.717, 1.165) is 12.1 Å². The van der Waals surface area contributed by atoms with Crippen LogP contribution in [0.1, 0.15) is 25.7 Å². The fraction of sp³-hybridized carbons (Fsp3) is 0.417. The average Bonchev–Trinajstić information content (AvgIpc) is 2.82. The van der Waals surface area contributed by atoms with Gasteiger partial charge in [0.2, 0.25) is 0 Å². The Kier molecular flexibility index (Phi) is 7.61. The smallest absolute Gasteiger partial charge is 0.258 e. The van der Waals surface area contributed by atoms with E-state index < -0.39 is 59.9 Å². The average molecular weight is 545 g/mol. The van der Waals surface area contributed by atoms with Gasteiger partial charge < -0.3 is 30.3 Å². The maximum absolute atomic E-state index is 13.6. The summed E-state index contributed by atoms with van der Waals surface area (Å²) in [6, 6.07) is 7.55. The number of hydrogen-bond acceptors (Lipinski definition) is 6. The van der Waals surface area contributed by atoms with Gasteiger partial charge in [0.15, 0.2) is 13.2 Å². The summed E-state index contributed by atoms with van der Waals surface area (Å²) in [5.74, 6) is -2.26. The van der Waals surface area contributed by atoms with Crippen LogP contribution < -0.4 is 20.1 Å². The molecule has 2 unspecified atom stereocenters. The van der Waals surface area contributed by atoms with Gasteiger partial charge in [-0.3, -0.25) is 9.59 Å². The Bertz CT molecular complexity index is 1080. The van der Waals surface area contributed by atoms with Gasteiger partial charge in [0.05, 0.1) is 33.3 Å². The van der Waals surface area contributed by atoms with Crippen LogP contribution in [-0.2, 0) is 9.59 Å². The van der Waals surface area contributed by atoms with Gasteiger partial charge in [0.1, 0.15) is 23.1 Å². The van der Waals surface area contributed by atoms with Crippen molar-refractivity contribution < 1.29 is 38.1 Å². The normalized spacial score (nSPS) is 26.8. The number of aliphatic hydroxyl groups is 2. The van der Waals surface area contributed by atoms with Crippen molar-refractivity contribution in [2.75, 3.05) is 13.2 Å². The van der Waals surface area contributed by atoms with Gasteiger partial charge in [-0.15, -0.1) is 0 Å². The minimum Gasteiger partial charge on any atom is -0.484 e. The molecule has 0 aromatic heterocycles. The monoisotopic (exact) mass is 544 g/mol. The molecule has 2 aromatic carbocycles. The molecule has 0 aliphatic heterocycles. The number of hydrogen-bond donors (Lipinski definition) is 4. The Morgan fingerprint density at radius 3 is 1.56 bits per heavy atom. The van der Waals surface area contributed by atoms with Crippen LogP contribution in [0.2, 0.25) is 10.0 Å². The number of amides is 2. The standard InChI is InChI=1S/C24H24Cl2F2N2O6/c25-15-3-1-13(7-17(15)27)35-11-21(33)29-23-5-6-24(10-19(23)31,20(32)9-23)30-22(34)12-36-14-2-4-16(26)18(28)8-14/h1-4,7-8,19-20,31-32H,5-6,9-12H2,(H,29,33)(H,30,34)/t19-,20-,23?,24?/m0/s1. The molecule has 8 nitrogen and oxygen atoms in total. The zero-order valence-electron chi connectivity index (χ0n) is 18.9. The summed E-state index contributed by atoms with van der Waals surface area (Å²) in [6.07, 6.45) is -1.54. The van der Waals surface area contributed by atoms with Crippen molar-refractivity contribution in [2.45, 2.75) is 49.0 Å². The zero-order chi connectivity index (χ0) is 26.1.